The van der Waals surface area contributed by atoms with E-state index in [4.69, 9.17) is 0 Å². The second kappa shape index (κ2) is 4.74. The first-order chi connectivity index (χ1) is 9.19. The largest absolute Gasteiger partial charge is 0.313 e. The first-order valence-corrected chi connectivity index (χ1v) is 6.44. The molecule has 2 aromatic carbocycles. The quantitative estimate of drug-likeness (QED) is 0.864. The maximum Gasteiger partial charge on any atom is 0.159 e. The normalized spacial score (nSPS) is 17.5. The molecule has 0 radical (unpaired) electrons. The van der Waals surface area contributed by atoms with Crippen LogP contribution < -0.4 is 5.32 Å². The first-order valence-electron chi connectivity index (χ1n) is 6.44. The standard InChI is InChI=1S/C16H15F2N/c1-19-16-7-4-12-8-10(2-5-13(12)16)11-3-6-14(17)15(18)9-11/h2-3,5-6,8-9,16,19H,4,7H2,1H3. The third-order valence-corrected chi connectivity index (χ3v) is 3.82. The van der Waals surface area contributed by atoms with Crippen LogP contribution in [0.3, 0.4) is 0 Å². The summed E-state index contributed by atoms with van der Waals surface area (Å²) in [6.45, 7) is 0. The number of benzene rings is 2. The van der Waals surface area contributed by atoms with Gasteiger partial charge in [0.2, 0.25) is 0 Å². The maximum atomic E-state index is 13.3. The summed E-state index contributed by atoms with van der Waals surface area (Å²) < 4.78 is 26.2. The average molecular weight is 259 g/mol. The molecule has 0 aliphatic heterocycles. The smallest absolute Gasteiger partial charge is 0.159 e. The van der Waals surface area contributed by atoms with Crippen molar-refractivity contribution in [3.05, 3.63) is 59.2 Å². The molecule has 0 bridgehead atoms. The molecular formula is C16H15F2N. The summed E-state index contributed by atoms with van der Waals surface area (Å²) in [5.74, 6) is -1.61. The number of hydrogen-bond donors (Lipinski definition) is 1. The summed E-state index contributed by atoms with van der Waals surface area (Å²) in [5, 5.41) is 3.29. The topological polar surface area (TPSA) is 12.0 Å². The zero-order chi connectivity index (χ0) is 13.4. The van der Waals surface area contributed by atoms with Crippen LogP contribution in [0, 0.1) is 11.6 Å². The predicted octanol–water partition coefficient (Wildman–Crippen LogP) is 3.84. The molecule has 0 fully saturated rings. The van der Waals surface area contributed by atoms with Crippen LogP contribution in [0.25, 0.3) is 11.1 Å². The van der Waals surface area contributed by atoms with Gasteiger partial charge in [-0.15, -0.1) is 0 Å². The van der Waals surface area contributed by atoms with Gasteiger partial charge in [-0.25, -0.2) is 8.78 Å². The Kier molecular flexibility index (Phi) is 3.07. The zero-order valence-corrected chi connectivity index (χ0v) is 10.7. The molecule has 98 valence electrons. The lowest BCUT2D eigenvalue weighted by Gasteiger charge is -2.11. The molecule has 3 rings (SSSR count). The van der Waals surface area contributed by atoms with Crippen molar-refractivity contribution in [3.63, 3.8) is 0 Å². The van der Waals surface area contributed by atoms with E-state index in [1.165, 1.54) is 23.3 Å². The van der Waals surface area contributed by atoms with Gasteiger partial charge >= 0.3 is 0 Å². The Bertz CT molecular complexity index is 622. The molecule has 1 nitrogen and oxygen atoms in total. The fraction of sp³-hybridized carbons (Fsp3) is 0.250. The Morgan fingerprint density at radius 3 is 2.47 bits per heavy atom. The number of hydrogen-bond acceptors (Lipinski definition) is 1. The van der Waals surface area contributed by atoms with E-state index in [9.17, 15) is 8.78 Å². The van der Waals surface area contributed by atoms with Crippen molar-refractivity contribution >= 4 is 0 Å². The van der Waals surface area contributed by atoms with Gasteiger partial charge in [-0.3, -0.25) is 0 Å². The molecule has 1 atom stereocenters. The maximum absolute atomic E-state index is 13.3. The monoisotopic (exact) mass is 259 g/mol. The highest BCUT2D eigenvalue weighted by Gasteiger charge is 2.21. The van der Waals surface area contributed by atoms with Gasteiger partial charge in [0.05, 0.1) is 0 Å². The van der Waals surface area contributed by atoms with Crippen molar-refractivity contribution in [1.29, 1.82) is 0 Å². The molecule has 0 spiro atoms. The summed E-state index contributed by atoms with van der Waals surface area (Å²) in [6.07, 6.45) is 2.12. The SMILES string of the molecule is CNC1CCc2cc(-c3ccc(F)c(F)c3)ccc21. The molecule has 0 saturated heterocycles. The fourth-order valence-corrected chi connectivity index (χ4v) is 2.77. The Labute approximate surface area is 111 Å². The summed E-state index contributed by atoms with van der Waals surface area (Å²) in [6, 6.07) is 10.6. The minimum absolute atomic E-state index is 0.411. The van der Waals surface area contributed by atoms with Gasteiger partial charge in [-0.1, -0.05) is 24.3 Å². The van der Waals surface area contributed by atoms with Gasteiger partial charge < -0.3 is 5.32 Å². The molecule has 1 unspecified atom stereocenters. The van der Waals surface area contributed by atoms with Gasteiger partial charge in [-0.2, -0.15) is 0 Å². The molecule has 1 N–H and O–H groups in total. The zero-order valence-electron chi connectivity index (χ0n) is 10.7. The molecule has 1 aliphatic carbocycles. The lowest BCUT2D eigenvalue weighted by atomic mass is 9.99. The van der Waals surface area contributed by atoms with Crippen LogP contribution in [0.5, 0.6) is 0 Å². The minimum atomic E-state index is -0.805. The van der Waals surface area contributed by atoms with Gasteiger partial charge in [0, 0.05) is 6.04 Å². The van der Waals surface area contributed by atoms with Gasteiger partial charge in [0.1, 0.15) is 0 Å². The molecule has 0 aromatic heterocycles. The molecule has 0 heterocycles. The molecule has 0 saturated carbocycles. The fourth-order valence-electron chi connectivity index (χ4n) is 2.77. The highest BCUT2D eigenvalue weighted by Crippen LogP contribution is 2.34. The Hall–Kier alpha value is -1.74. The highest BCUT2D eigenvalue weighted by molar-refractivity contribution is 5.65. The van der Waals surface area contributed by atoms with Crippen LogP contribution in [-0.2, 0) is 6.42 Å². The van der Waals surface area contributed by atoms with Crippen molar-refractivity contribution in [3.8, 4) is 11.1 Å². The minimum Gasteiger partial charge on any atom is -0.313 e. The summed E-state index contributed by atoms with van der Waals surface area (Å²) in [5.41, 5.74) is 4.26. The van der Waals surface area contributed by atoms with E-state index < -0.39 is 11.6 Å². The number of halogens is 2. The van der Waals surface area contributed by atoms with Crippen LogP contribution in [-0.4, -0.2) is 7.05 Å². The number of fused-ring (bicyclic) bond motifs is 1. The molecule has 1 aliphatic rings. The van der Waals surface area contributed by atoms with Crippen LogP contribution in [0.4, 0.5) is 8.78 Å². The lowest BCUT2D eigenvalue weighted by molar-refractivity contribution is 0.509. The van der Waals surface area contributed by atoms with E-state index in [0.29, 0.717) is 6.04 Å². The third-order valence-electron chi connectivity index (χ3n) is 3.82. The van der Waals surface area contributed by atoms with Crippen LogP contribution >= 0.6 is 0 Å². The van der Waals surface area contributed by atoms with Crippen molar-refractivity contribution in [2.24, 2.45) is 0 Å². The Morgan fingerprint density at radius 2 is 1.74 bits per heavy atom. The van der Waals surface area contributed by atoms with E-state index >= 15 is 0 Å². The van der Waals surface area contributed by atoms with E-state index in [0.717, 1.165) is 24.0 Å². The van der Waals surface area contributed by atoms with Gasteiger partial charge in [0.15, 0.2) is 11.6 Å². The van der Waals surface area contributed by atoms with Crippen molar-refractivity contribution in [2.75, 3.05) is 7.05 Å². The van der Waals surface area contributed by atoms with E-state index in [2.05, 4.69) is 17.4 Å². The summed E-state index contributed by atoms with van der Waals surface area (Å²) in [4.78, 5) is 0. The number of nitrogens with one attached hydrogen (secondary N) is 1. The molecule has 19 heavy (non-hydrogen) atoms. The third kappa shape index (κ3) is 2.15. The van der Waals surface area contributed by atoms with Crippen LogP contribution in [0.1, 0.15) is 23.6 Å². The first kappa shape index (κ1) is 12.3. The van der Waals surface area contributed by atoms with Crippen molar-refractivity contribution in [2.45, 2.75) is 18.9 Å². The van der Waals surface area contributed by atoms with Crippen molar-refractivity contribution < 1.29 is 8.78 Å². The second-order valence-corrected chi connectivity index (χ2v) is 4.92. The second-order valence-electron chi connectivity index (χ2n) is 4.92. The lowest BCUT2D eigenvalue weighted by Crippen LogP contribution is -2.12. The average Bonchev–Trinajstić information content (AvgIpc) is 2.84. The van der Waals surface area contributed by atoms with Crippen LogP contribution in [0.2, 0.25) is 0 Å². The summed E-state index contributed by atoms with van der Waals surface area (Å²) in [7, 11) is 1.96. The molecule has 0 amide bonds. The Morgan fingerprint density at radius 1 is 1.00 bits per heavy atom. The molecule has 2 aromatic rings. The predicted molar refractivity (Wildman–Crippen MR) is 71.9 cm³/mol. The van der Waals surface area contributed by atoms with E-state index in [1.54, 1.807) is 6.07 Å². The van der Waals surface area contributed by atoms with Gasteiger partial charge in [0.25, 0.3) is 0 Å². The van der Waals surface area contributed by atoms with Crippen molar-refractivity contribution in [1.82, 2.24) is 5.32 Å². The number of rotatable bonds is 2. The Balaban J connectivity index is 2.01. The highest BCUT2D eigenvalue weighted by atomic mass is 19.2. The number of aryl methyl sites for hydroxylation is 1. The summed E-state index contributed by atoms with van der Waals surface area (Å²) >= 11 is 0. The van der Waals surface area contributed by atoms with E-state index in [-0.39, 0.29) is 0 Å². The van der Waals surface area contributed by atoms with E-state index in [1.807, 2.05) is 13.1 Å². The van der Waals surface area contributed by atoms with Crippen LogP contribution in [0.15, 0.2) is 36.4 Å². The molecule has 3 heteroatoms. The molecular weight excluding hydrogens is 244 g/mol. The van der Waals surface area contributed by atoms with Gasteiger partial charge in [-0.05, 0) is 54.3 Å².